The lowest BCUT2D eigenvalue weighted by molar-refractivity contribution is 0.266. The van der Waals surface area contributed by atoms with E-state index in [1.807, 2.05) is 0 Å². The molecule has 2 N–H and O–H groups in total. The van der Waals surface area contributed by atoms with Crippen molar-refractivity contribution in [2.75, 3.05) is 18.8 Å². The van der Waals surface area contributed by atoms with E-state index >= 15 is 0 Å². The molecule has 5 heteroatoms. The summed E-state index contributed by atoms with van der Waals surface area (Å²) in [4.78, 5) is 0. The molecule has 1 unspecified atom stereocenters. The number of hydrogen-bond acceptors (Lipinski definition) is 3. The first-order valence-corrected chi connectivity index (χ1v) is 7.89. The van der Waals surface area contributed by atoms with Crippen molar-refractivity contribution in [3.05, 3.63) is 0 Å². The summed E-state index contributed by atoms with van der Waals surface area (Å²) in [6, 6.07) is 0.497. The van der Waals surface area contributed by atoms with E-state index < -0.39 is 10.0 Å². The lowest BCUT2D eigenvalue weighted by Crippen LogP contribution is -2.37. The highest BCUT2D eigenvalue weighted by Crippen LogP contribution is 2.30. The monoisotopic (exact) mass is 248 g/mol. The van der Waals surface area contributed by atoms with Crippen molar-refractivity contribution in [1.82, 2.24) is 10.0 Å². The molecule has 1 aliphatic carbocycles. The van der Waals surface area contributed by atoms with Crippen LogP contribution in [0.1, 0.15) is 39.5 Å². The molecule has 0 aromatic rings. The molecule has 0 amide bonds. The molecule has 0 heterocycles. The van der Waals surface area contributed by atoms with Gasteiger partial charge in [0.05, 0.1) is 5.75 Å². The summed E-state index contributed by atoms with van der Waals surface area (Å²) in [5.41, 5.74) is 0. The molecule has 0 aliphatic heterocycles. The molecule has 1 atom stereocenters. The van der Waals surface area contributed by atoms with Crippen molar-refractivity contribution in [2.45, 2.75) is 45.6 Å². The van der Waals surface area contributed by atoms with Gasteiger partial charge in [-0.3, -0.25) is 0 Å². The van der Waals surface area contributed by atoms with E-state index in [2.05, 4.69) is 17.0 Å². The fourth-order valence-electron chi connectivity index (χ4n) is 1.94. The molecule has 96 valence electrons. The van der Waals surface area contributed by atoms with Crippen molar-refractivity contribution in [1.29, 1.82) is 0 Å². The average molecular weight is 248 g/mol. The van der Waals surface area contributed by atoms with E-state index in [0.29, 0.717) is 19.1 Å². The first kappa shape index (κ1) is 13.9. The van der Waals surface area contributed by atoms with Crippen molar-refractivity contribution < 1.29 is 8.42 Å². The minimum absolute atomic E-state index is 0.157. The summed E-state index contributed by atoms with van der Waals surface area (Å²) >= 11 is 0. The molecule has 0 spiro atoms. The van der Waals surface area contributed by atoms with Crippen molar-refractivity contribution >= 4 is 10.0 Å². The summed E-state index contributed by atoms with van der Waals surface area (Å²) in [5, 5.41) is 3.35. The van der Waals surface area contributed by atoms with Crippen LogP contribution in [0.3, 0.4) is 0 Å². The molecule has 1 rings (SSSR count). The quantitative estimate of drug-likeness (QED) is 0.632. The molecule has 0 aromatic heterocycles. The minimum atomic E-state index is -3.02. The van der Waals surface area contributed by atoms with Gasteiger partial charge in [0, 0.05) is 19.1 Å². The highest BCUT2D eigenvalue weighted by molar-refractivity contribution is 7.89. The van der Waals surface area contributed by atoms with Crippen LogP contribution in [-0.2, 0) is 10.0 Å². The third kappa shape index (κ3) is 5.27. The van der Waals surface area contributed by atoms with Gasteiger partial charge in [0.2, 0.25) is 10.0 Å². The first-order valence-electron chi connectivity index (χ1n) is 6.24. The van der Waals surface area contributed by atoms with E-state index in [1.165, 1.54) is 25.7 Å². The number of nitrogens with one attached hydrogen (secondary N) is 2. The largest absolute Gasteiger partial charge is 0.313 e. The predicted molar refractivity (Wildman–Crippen MR) is 66.9 cm³/mol. The van der Waals surface area contributed by atoms with Crippen molar-refractivity contribution in [3.63, 3.8) is 0 Å². The Kier molecular flexibility index (Phi) is 5.72. The lowest BCUT2D eigenvalue weighted by atomic mass is 9.81. The maximum atomic E-state index is 11.1. The normalized spacial score (nSPS) is 19.4. The second-order valence-corrected chi connectivity index (χ2v) is 6.78. The highest BCUT2D eigenvalue weighted by Gasteiger charge is 2.19. The second kappa shape index (κ2) is 6.57. The standard InChI is InChI=1S/C11H24N2O2S/c1-3-16(14,15)13-8-7-12-10(2)9-11-5-4-6-11/h10-13H,3-9H2,1-2H3. The fourth-order valence-corrected chi connectivity index (χ4v) is 2.56. The molecule has 4 nitrogen and oxygen atoms in total. The Balaban J connectivity index is 2.01. The Morgan fingerprint density at radius 3 is 2.50 bits per heavy atom. The zero-order valence-electron chi connectivity index (χ0n) is 10.3. The number of rotatable bonds is 8. The summed E-state index contributed by atoms with van der Waals surface area (Å²) in [5.74, 6) is 1.06. The van der Waals surface area contributed by atoms with Crippen LogP contribution >= 0.6 is 0 Å². The number of sulfonamides is 1. The second-order valence-electron chi connectivity index (χ2n) is 4.69. The Morgan fingerprint density at radius 2 is 2.00 bits per heavy atom. The highest BCUT2D eigenvalue weighted by atomic mass is 32.2. The van der Waals surface area contributed by atoms with Gasteiger partial charge in [0.25, 0.3) is 0 Å². The van der Waals surface area contributed by atoms with Gasteiger partial charge in [-0.25, -0.2) is 13.1 Å². The van der Waals surface area contributed by atoms with Gasteiger partial charge in [0.1, 0.15) is 0 Å². The Hall–Kier alpha value is -0.130. The Morgan fingerprint density at radius 1 is 1.31 bits per heavy atom. The molecule has 1 fully saturated rings. The first-order chi connectivity index (χ1) is 7.53. The molecule has 0 saturated heterocycles. The molecule has 16 heavy (non-hydrogen) atoms. The van der Waals surface area contributed by atoms with Crippen LogP contribution in [0.2, 0.25) is 0 Å². The van der Waals surface area contributed by atoms with Crippen LogP contribution < -0.4 is 10.0 Å². The van der Waals surface area contributed by atoms with Gasteiger partial charge < -0.3 is 5.32 Å². The van der Waals surface area contributed by atoms with Gasteiger partial charge in [-0.1, -0.05) is 19.3 Å². The molecular formula is C11H24N2O2S. The van der Waals surface area contributed by atoms with E-state index in [-0.39, 0.29) is 5.75 Å². The van der Waals surface area contributed by atoms with E-state index in [4.69, 9.17) is 0 Å². The van der Waals surface area contributed by atoms with Crippen LogP contribution in [-0.4, -0.2) is 33.3 Å². The maximum absolute atomic E-state index is 11.1. The average Bonchev–Trinajstić information content (AvgIpc) is 2.19. The zero-order valence-corrected chi connectivity index (χ0v) is 11.1. The van der Waals surface area contributed by atoms with Gasteiger partial charge >= 0.3 is 0 Å². The molecule has 0 aromatic carbocycles. The zero-order chi connectivity index (χ0) is 12.0. The third-order valence-corrected chi connectivity index (χ3v) is 4.64. The molecular weight excluding hydrogens is 224 g/mol. The third-order valence-electron chi connectivity index (χ3n) is 3.23. The fraction of sp³-hybridized carbons (Fsp3) is 1.00. The molecule has 1 saturated carbocycles. The maximum Gasteiger partial charge on any atom is 0.211 e. The summed E-state index contributed by atoms with van der Waals surface area (Å²) in [7, 11) is -3.02. The van der Waals surface area contributed by atoms with E-state index in [0.717, 1.165) is 5.92 Å². The van der Waals surface area contributed by atoms with Gasteiger partial charge in [-0.15, -0.1) is 0 Å². The van der Waals surface area contributed by atoms with Gasteiger partial charge in [0.15, 0.2) is 0 Å². The van der Waals surface area contributed by atoms with Crippen LogP contribution in [0.15, 0.2) is 0 Å². The Labute approximate surface area is 99.2 Å². The Bertz CT molecular complexity index is 286. The lowest BCUT2D eigenvalue weighted by Gasteiger charge is -2.28. The van der Waals surface area contributed by atoms with Crippen LogP contribution in [0.25, 0.3) is 0 Å². The minimum Gasteiger partial charge on any atom is -0.313 e. The van der Waals surface area contributed by atoms with Crippen molar-refractivity contribution in [3.8, 4) is 0 Å². The van der Waals surface area contributed by atoms with Crippen molar-refractivity contribution in [2.24, 2.45) is 5.92 Å². The number of hydrogen-bond donors (Lipinski definition) is 2. The van der Waals surface area contributed by atoms with E-state index in [1.54, 1.807) is 6.92 Å². The van der Waals surface area contributed by atoms with Gasteiger partial charge in [-0.05, 0) is 26.2 Å². The van der Waals surface area contributed by atoms with Crippen LogP contribution in [0.4, 0.5) is 0 Å². The van der Waals surface area contributed by atoms with Crippen LogP contribution in [0, 0.1) is 5.92 Å². The summed E-state index contributed by atoms with van der Waals surface area (Å²) in [6.45, 7) is 5.03. The smallest absolute Gasteiger partial charge is 0.211 e. The van der Waals surface area contributed by atoms with Gasteiger partial charge in [-0.2, -0.15) is 0 Å². The topological polar surface area (TPSA) is 58.2 Å². The predicted octanol–water partition coefficient (Wildman–Crippen LogP) is 1.09. The SMILES string of the molecule is CCS(=O)(=O)NCCNC(C)CC1CCC1. The molecule has 1 aliphatic rings. The molecule has 0 radical (unpaired) electrons. The van der Waals surface area contributed by atoms with Crippen LogP contribution in [0.5, 0.6) is 0 Å². The summed E-state index contributed by atoms with van der Waals surface area (Å²) < 4.78 is 24.8. The van der Waals surface area contributed by atoms with E-state index in [9.17, 15) is 8.42 Å². The summed E-state index contributed by atoms with van der Waals surface area (Å²) in [6.07, 6.45) is 5.34. The molecule has 0 bridgehead atoms.